The predicted octanol–water partition coefficient (Wildman–Crippen LogP) is -3.96. The quantitative estimate of drug-likeness (QED) is 0.344. The van der Waals surface area contributed by atoms with Crippen LogP contribution in [0.4, 0.5) is 0 Å². The van der Waals surface area contributed by atoms with E-state index in [0.717, 1.165) is 6.08 Å². The second-order valence-electron chi connectivity index (χ2n) is 1.05. The maximum atomic E-state index is 9.64. The molecule has 4 nitrogen and oxygen atoms in total. The van der Waals surface area contributed by atoms with Crippen LogP contribution in [0.5, 0.6) is 0 Å². The standard InChI is InChI=1S/C3H6O4S.K/c4-2-1-3-8(5,6)7;/h1,3-4H,2H2,(H,5,6,7);/q;+1/p-1. The van der Waals surface area contributed by atoms with Gasteiger partial charge in [0.05, 0.1) is 6.61 Å². The third-order valence-corrected chi connectivity index (χ3v) is 0.894. The van der Waals surface area contributed by atoms with Gasteiger partial charge in [-0.05, 0) is 6.08 Å². The average Bonchev–Trinajstić information content (AvgIpc) is 1.59. The van der Waals surface area contributed by atoms with Gasteiger partial charge in [0.1, 0.15) is 10.1 Å². The van der Waals surface area contributed by atoms with Crippen LogP contribution in [0, 0.1) is 0 Å². The second-order valence-corrected chi connectivity index (χ2v) is 2.30. The van der Waals surface area contributed by atoms with Crippen molar-refractivity contribution in [2.45, 2.75) is 0 Å². The summed E-state index contributed by atoms with van der Waals surface area (Å²) in [5.74, 6) is 0. The third-order valence-electron chi connectivity index (χ3n) is 0.368. The Hall–Kier alpha value is 1.25. The van der Waals surface area contributed by atoms with E-state index >= 15 is 0 Å². The van der Waals surface area contributed by atoms with Crippen LogP contribution in [0.2, 0.25) is 0 Å². The van der Waals surface area contributed by atoms with E-state index < -0.39 is 16.7 Å². The summed E-state index contributed by atoms with van der Waals surface area (Å²) in [7, 11) is -4.28. The van der Waals surface area contributed by atoms with E-state index in [1.807, 2.05) is 0 Å². The van der Waals surface area contributed by atoms with Crippen molar-refractivity contribution < 1.29 is 69.5 Å². The fraction of sp³-hybridized carbons (Fsp3) is 0.333. The molecule has 1 N–H and O–H groups in total. The summed E-state index contributed by atoms with van der Waals surface area (Å²) in [4.78, 5) is 0. The molecule has 9 heavy (non-hydrogen) atoms. The van der Waals surface area contributed by atoms with E-state index in [9.17, 15) is 13.0 Å². The molecule has 0 radical (unpaired) electrons. The summed E-state index contributed by atoms with van der Waals surface area (Å²) >= 11 is 0. The molecule has 0 heterocycles. The van der Waals surface area contributed by atoms with Gasteiger partial charge in [-0.25, -0.2) is 8.42 Å². The fourth-order valence-corrected chi connectivity index (χ4v) is 0.483. The molecule has 0 rings (SSSR count). The van der Waals surface area contributed by atoms with Gasteiger partial charge < -0.3 is 9.66 Å². The summed E-state index contributed by atoms with van der Waals surface area (Å²) < 4.78 is 28.9. The molecule has 0 aromatic heterocycles. The Morgan fingerprint density at radius 3 is 2.11 bits per heavy atom. The number of rotatable bonds is 2. The Bertz CT molecular complexity index is 170. The van der Waals surface area contributed by atoms with Gasteiger partial charge in [-0.15, -0.1) is 0 Å². The molecule has 6 heteroatoms. The van der Waals surface area contributed by atoms with Gasteiger partial charge in [0.25, 0.3) is 0 Å². The molecule has 0 spiro atoms. The molecular weight excluding hydrogens is 171 g/mol. The first kappa shape index (κ1) is 12.9. The van der Waals surface area contributed by atoms with Crippen LogP contribution in [0.1, 0.15) is 0 Å². The molecule has 0 saturated heterocycles. The van der Waals surface area contributed by atoms with Crippen LogP contribution in [0.15, 0.2) is 11.5 Å². The zero-order valence-corrected chi connectivity index (χ0v) is 8.88. The molecule has 48 valence electrons. The van der Waals surface area contributed by atoms with Crippen molar-refractivity contribution in [3.05, 3.63) is 11.5 Å². The minimum atomic E-state index is -4.28. The Balaban J connectivity index is 0. The van der Waals surface area contributed by atoms with Crippen LogP contribution >= 0.6 is 0 Å². The van der Waals surface area contributed by atoms with Crippen molar-refractivity contribution in [1.29, 1.82) is 0 Å². The monoisotopic (exact) mass is 176 g/mol. The topological polar surface area (TPSA) is 77.4 Å². The van der Waals surface area contributed by atoms with E-state index in [4.69, 9.17) is 5.11 Å². The molecule has 0 aliphatic rings. The molecular formula is C3H5KO4S. The van der Waals surface area contributed by atoms with Gasteiger partial charge in [-0.3, -0.25) is 0 Å². The van der Waals surface area contributed by atoms with Crippen molar-refractivity contribution >= 4 is 10.1 Å². The second kappa shape index (κ2) is 5.99. The first-order valence-corrected chi connectivity index (χ1v) is 3.26. The summed E-state index contributed by atoms with van der Waals surface area (Å²) in [6.45, 7) is -0.429. The normalized spacial score (nSPS) is 11.3. The summed E-state index contributed by atoms with van der Waals surface area (Å²) in [6, 6.07) is 0. The average molecular weight is 176 g/mol. The van der Waals surface area contributed by atoms with Crippen molar-refractivity contribution in [3.8, 4) is 0 Å². The van der Waals surface area contributed by atoms with Crippen molar-refractivity contribution in [3.63, 3.8) is 0 Å². The Kier molecular flexibility index (Phi) is 8.57. The van der Waals surface area contributed by atoms with Gasteiger partial charge in [0, 0.05) is 5.41 Å². The number of hydrogen-bond acceptors (Lipinski definition) is 4. The maximum Gasteiger partial charge on any atom is 1.00 e. The molecule has 0 aromatic rings. The van der Waals surface area contributed by atoms with Gasteiger partial charge in [0.15, 0.2) is 0 Å². The largest absolute Gasteiger partial charge is 1.00 e. The molecule has 0 unspecified atom stereocenters. The first-order chi connectivity index (χ1) is 3.56. The van der Waals surface area contributed by atoms with Crippen LogP contribution in [-0.2, 0) is 10.1 Å². The summed E-state index contributed by atoms with van der Waals surface area (Å²) in [6.07, 6.45) is 0.863. The molecule has 0 aromatic carbocycles. The molecule has 0 bridgehead atoms. The van der Waals surface area contributed by atoms with E-state index in [0.29, 0.717) is 5.41 Å². The van der Waals surface area contributed by atoms with E-state index in [-0.39, 0.29) is 51.4 Å². The molecule has 0 fully saturated rings. The molecule has 0 saturated carbocycles. The van der Waals surface area contributed by atoms with Crippen LogP contribution in [-0.4, -0.2) is 24.7 Å². The SMILES string of the molecule is O=S(=O)([O-])C=CCO.[K+]. The maximum absolute atomic E-state index is 9.64. The van der Waals surface area contributed by atoms with Gasteiger partial charge in [0.2, 0.25) is 0 Å². The summed E-state index contributed by atoms with van der Waals surface area (Å²) in [5.41, 5.74) is 0. The van der Waals surface area contributed by atoms with Crippen LogP contribution < -0.4 is 51.4 Å². The minimum absolute atomic E-state index is 0. The van der Waals surface area contributed by atoms with Gasteiger partial charge in [-0.2, -0.15) is 0 Å². The zero-order valence-electron chi connectivity index (χ0n) is 4.94. The Morgan fingerprint density at radius 2 is 2.00 bits per heavy atom. The molecule has 0 aliphatic heterocycles. The molecule has 0 amide bonds. The zero-order chi connectivity index (χ0) is 6.62. The molecule has 0 aliphatic carbocycles. The smallest absolute Gasteiger partial charge is 0.744 e. The van der Waals surface area contributed by atoms with Crippen molar-refractivity contribution in [1.82, 2.24) is 0 Å². The first-order valence-electron chi connectivity index (χ1n) is 1.79. The third kappa shape index (κ3) is 12.4. The van der Waals surface area contributed by atoms with E-state index in [1.54, 1.807) is 0 Å². The van der Waals surface area contributed by atoms with Crippen molar-refractivity contribution in [2.75, 3.05) is 6.61 Å². The Labute approximate surface area is 96.1 Å². The van der Waals surface area contributed by atoms with E-state index in [1.165, 1.54) is 0 Å². The van der Waals surface area contributed by atoms with Crippen LogP contribution in [0.25, 0.3) is 0 Å². The molecule has 0 atom stereocenters. The fourth-order valence-electron chi connectivity index (χ4n) is 0.161. The van der Waals surface area contributed by atoms with Crippen LogP contribution in [0.3, 0.4) is 0 Å². The Morgan fingerprint density at radius 1 is 1.56 bits per heavy atom. The number of aliphatic hydroxyl groups is 1. The summed E-state index contributed by atoms with van der Waals surface area (Å²) in [5, 5.41) is 8.35. The van der Waals surface area contributed by atoms with E-state index in [2.05, 4.69) is 0 Å². The van der Waals surface area contributed by atoms with Crippen molar-refractivity contribution in [2.24, 2.45) is 0 Å². The van der Waals surface area contributed by atoms with Gasteiger partial charge in [-0.1, -0.05) is 0 Å². The van der Waals surface area contributed by atoms with Gasteiger partial charge >= 0.3 is 51.4 Å². The minimum Gasteiger partial charge on any atom is -0.744 e. The predicted molar refractivity (Wildman–Crippen MR) is 25.9 cm³/mol. The number of hydrogen-bond donors (Lipinski definition) is 1. The number of aliphatic hydroxyl groups excluding tert-OH is 1.